The molecule has 0 aliphatic carbocycles. The molecule has 0 spiro atoms. The number of thioether (sulfide) groups is 1. The van der Waals surface area contributed by atoms with Crippen molar-refractivity contribution in [1.29, 1.82) is 0 Å². The summed E-state index contributed by atoms with van der Waals surface area (Å²) < 4.78 is 2.81. The van der Waals surface area contributed by atoms with Crippen LogP contribution in [0.2, 0.25) is 5.02 Å². The first kappa shape index (κ1) is 18.5. The highest BCUT2D eigenvalue weighted by molar-refractivity contribution is 7.98. The second kappa shape index (κ2) is 8.02. The van der Waals surface area contributed by atoms with Crippen molar-refractivity contribution in [2.45, 2.75) is 23.9 Å². The van der Waals surface area contributed by atoms with E-state index in [0.717, 1.165) is 20.0 Å². The Labute approximate surface area is 169 Å². The number of hydrogen-bond acceptors (Lipinski definition) is 5. The number of thiophene rings is 1. The maximum atomic E-state index is 12.9. The number of para-hydroxylation sites is 1. The fourth-order valence-electron chi connectivity index (χ4n) is 2.97. The fourth-order valence-corrected chi connectivity index (χ4v) is 5.66. The minimum absolute atomic E-state index is 0.0332. The van der Waals surface area contributed by atoms with Crippen LogP contribution in [0.4, 0.5) is 0 Å². The molecule has 0 saturated heterocycles. The van der Waals surface area contributed by atoms with Gasteiger partial charge in [-0.1, -0.05) is 53.7 Å². The van der Waals surface area contributed by atoms with E-state index in [9.17, 15) is 9.90 Å². The van der Waals surface area contributed by atoms with Gasteiger partial charge in [0.05, 0.1) is 15.9 Å². The maximum Gasteiger partial charge on any atom is 0.262 e. The molecule has 0 aliphatic rings. The molecule has 2 aromatic heterocycles. The van der Waals surface area contributed by atoms with E-state index < -0.39 is 0 Å². The van der Waals surface area contributed by atoms with Crippen molar-refractivity contribution in [3.63, 3.8) is 0 Å². The average Bonchev–Trinajstić information content (AvgIpc) is 3.02. The van der Waals surface area contributed by atoms with E-state index in [1.54, 1.807) is 22.0 Å². The predicted molar refractivity (Wildman–Crippen MR) is 114 cm³/mol. The van der Waals surface area contributed by atoms with Crippen molar-refractivity contribution < 1.29 is 5.11 Å². The van der Waals surface area contributed by atoms with Crippen molar-refractivity contribution in [3.05, 3.63) is 68.8 Å². The van der Waals surface area contributed by atoms with Crippen molar-refractivity contribution in [2.75, 3.05) is 6.61 Å². The number of aliphatic hydroxyl groups excluding tert-OH is 1. The number of halogens is 1. The quantitative estimate of drug-likeness (QED) is 0.357. The Bertz CT molecular complexity index is 1170. The van der Waals surface area contributed by atoms with E-state index in [4.69, 9.17) is 16.6 Å². The molecule has 0 saturated carbocycles. The lowest BCUT2D eigenvalue weighted by Crippen LogP contribution is -2.24. The monoisotopic (exact) mass is 416 g/mol. The Morgan fingerprint density at radius 2 is 1.85 bits per heavy atom. The molecule has 0 fully saturated rings. The maximum absolute atomic E-state index is 12.9. The van der Waals surface area contributed by atoms with E-state index >= 15 is 0 Å². The van der Waals surface area contributed by atoms with Gasteiger partial charge in [-0.05, 0) is 24.6 Å². The summed E-state index contributed by atoms with van der Waals surface area (Å²) in [5.74, 6) is 0.641. The van der Waals surface area contributed by atoms with Crippen LogP contribution in [0.1, 0.15) is 11.3 Å². The largest absolute Gasteiger partial charge is 0.396 e. The van der Waals surface area contributed by atoms with Gasteiger partial charge < -0.3 is 5.11 Å². The number of benzene rings is 2. The normalized spacial score (nSPS) is 11.5. The zero-order valence-corrected chi connectivity index (χ0v) is 16.8. The molecule has 2 heterocycles. The smallest absolute Gasteiger partial charge is 0.262 e. The first-order valence-electron chi connectivity index (χ1n) is 8.58. The lowest BCUT2D eigenvalue weighted by Gasteiger charge is -2.12. The molecular weight excluding hydrogens is 400 g/mol. The van der Waals surface area contributed by atoms with E-state index in [0.29, 0.717) is 34.8 Å². The van der Waals surface area contributed by atoms with Crippen molar-refractivity contribution in [3.8, 4) is 0 Å². The first-order chi connectivity index (χ1) is 13.2. The van der Waals surface area contributed by atoms with Crippen LogP contribution in [0.3, 0.4) is 0 Å². The van der Waals surface area contributed by atoms with Gasteiger partial charge in [0.2, 0.25) is 0 Å². The molecule has 4 aromatic rings. The van der Waals surface area contributed by atoms with Crippen molar-refractivity contribution in [2.24, 2.45) is 0 Å². The number of aromatic nitrogens is 2. The van der Waals surface area contributed by atoms with Gasteiger partial charge in [-0.3, -0.25) is 9.36 Å². The van der Waals surface area contributed by atoms with E-state index in [2.05, 4.69) is 6.07 Å². The third-order valence-corrected chi connectivity index (χ3v) is 7.20. The van der Waals surface area contributed by atoms with Gasteiger partial charge >= 0.3 is 0 Å². The summed E-state index contributed by atoms with van der Waals surface area (Å²) in [6.45, 7) is 0.473. The number of fused-ring (bicyclic) bond motifs is 2. The van der Waals surface area contributed by atoms with Crippen molar-refractivity contribution >= 4 is 55.7 Å². The Hall–Kier alpha value is -1.86. The molecule has 0 amide bonds. The molecule has 7 heteroatoms. The SMILES string of the molecule is O=c1c2ccccc2nc(SCc2sc3ccccc3c2Cl)n1CCCO. The minimum atomic E-state index is -0.0704. The molecule has 27 heavy (non-hydrogen) atoms. The summed E-state index contributed by atoms with van der Waals surface area (Å²) in [6, 6.07) is 15.4. The van der Waals surface area contributed by atoms with Gasteiger partial charge in [0.15, 0.2) is 5.16 Å². The molecule has 0 unspecified atom stereocenters. The van der Waals surface area contributed by atoms with E-state index in [1.807, 2.05) is 36.4 Å². The lowest BCUT2D eigenvalue weighted by molar-refractivity contribution is 0.276. The summed E-state index contributed by atoms with van der Waals surface area (Å²) in [7, 11) is 0. The third kappa shape index (κ3) is 3.62. The fraction of sp³-hybridized carbons (Fsp3) is 0.200. The molecular formula is C20H17ClN2O2S2. The van der Waals surface area contributed by atoms with Gasteiger partial charge in [0, 0.05) is 33.9 Å². The van der Waals surface area contributed by atoms with Crippen LogP contribution < -0.4 is 5.56 Å². The second-order valence-electron chi connectivity index (χ2n) is 6.07. The van der Waals surface area contributed by atoms with Crippen LogP contribution in [-0.2, 0) is 12.3 Å². The topological polar surface area (TPSA) is 55.1 Å². The summed E-state index contributed by atoms with van der Waals surface area (Å²) in [5, 5.41) is 12.3. The molecule has 138 valence electrons. The summed E-state index contributed by atoms with van der Waals surface area (Å²) in [4.78, 5) is 18.6. The average molecular weight is 417 g/mol. The number of rotatable bonds is 6. The molecule has 0 radical (unpaired) electrons. The van der Waals surface area contributed by atoms with Crippen LogP contribution in [0.5, 0.6) is 0 Å². The predicted octanol–water partition coefficient (Wildman–Crippen LogP) is 4.94. The molecule has 0 bridgehead atoms. The molecule has 4 nitrogen and oxygen atoms in total. The van der Waals surface area contributed by atoms with E-state index in [-0.39, 0.29) is 12.2 Å². The van der Waals surface area contributed by atoms with Gasteiger partial charge in [-0.2, -0.15) is 0 Å². The Balaban J connectivity index is 1.71. The third-order valence-electron chi connectivity index (χ3n) is 4.30. The molecule has 2 aromatic carbocycles. The second-order valence-corrected chi connectivity index (χ2v) is 8.53. The van der Waals surface area contributed by atoms with Crippen LogP contribution in [-0.4, -0.2) is 21.3 Å². The van der Waals surface area contributed by atoms with Crippen LogP contribution in [0.15, 0.2) is 58.5 Å². The van der Waals surface area contributed by atoms with Crippen LogP contribution >= 0.6 is 34.7 Å². The van der Waals surface area contributed by atoms with Gasteiger partial charge in [0.1, 0.15) is 0 Å². The standard InChI is InChI=1S/C20H17ClN2O2S2/c21-18-14-7-2-4-9-16(14)27-17(18)12-26-20-22-15-8-3-1-6-13(15)19(25)23(20)10-5-11-24/h1-4,6-9,24H,5,10-12H2. The van der Waals surface area contributed by atoms with E-state index in [1.165, 1.54) is 11.8 Å². The molecule has 4 rings (SSSR count). The highest BCUT2D eigenvalue weighted by Crippen LogP contribution is 2.38. The zero-order chi connectivity index (χ0) is 18.8. The van der Waals surface area contributed by atoms with Crippen LogP contribution in [0.25, 0.3) is 21.0 Å². The number of aliphatic hydroxyl groups is 1. The van der Waals surface area contributed by atoms with Gasteiger partial charge in [-0.15, -0.1) is 11.3 Å². The first-order valence-corrected chi connectivity index (χ1v) is 10.8. The van der Waals surface area contributed by atoms with Gasteiger partial charge in [0.25, 0.3) is 5.56 Å². The summed E-state index contributed by atoms with van der Waals surface area (Å²) in [6.07, 6.45) is 0.511. The van der Waals surface area contributed by atoms with Gasteiger partial charge in [-0.25, -0.2) is 4.98 Å². The lowest BCUT2D eigenvalue weighted by atomic mass is 10.2. The molecule has 0 aliphatic heterocycles. The Kier molecular flexibility index (Phi) is 5.50. The number of nitrogens with zero attached hydrogens (tertiary/aromatic N) is 2. The Morgan fingerprint density at radius 3 is 2.63 bits per heavy atom. The molecule has 0 atom stereocenters. The highest BCUT2D eigenvalue weighted by atomic mass is 35.5. The number of hydrogen-bond donors (Lipinski definition) is 1. The molecule has 1 N–H and O–H groups in total. The minimum Gasteiger partial charge on any atom is -0.396 e. The Morgan fingerprint density at radius 1 is 1.11 bits per heavy atom. The summed E-state index contributed by atoms with van der Waals surface area (Å²) in [5.41, 5.74) is 0.617. The highest BCUT2D eigenvalue weighted by Gasteiger charge is 2.14. The zero-order valence-electron chi connectivity index (χ0n) is 14.4. The van der Waals surface area contributed by atoms with Crippen molar-refractivity contribution in [1.82, 2.24) is 9.55 Å². The van der Waals surface area contributed by atoms with Crippen LogP contribution in [0, 0.1) is 0 Å². The summed E-state index contributed by atoms with van der Waals surface area (Å²) >= 11 is 9.72.